The van der Waals surface area contributed by atoms with Gasteiger partial charge < -0.3 is 9.84 Å². The van der Waals surface area contributed by atoms with Crippen molar-refractivity contribution in [2.45, 2.75) is 32.9 Å². The minimum absolute atomic E-state index is 0.00787. The average molecular weight is 428 g/mol. The van der Waals surface area contributed by atoms with Crippen LogP contribution >= 0.6 is 0 Å². The largest absolute Gasteiger partial charge is 0.507 e. The summed E-state index contributed by atoms with van der Waals surface area (Å²) >= 11 is 0. The Labute approximate surface area is 186 Å². The van der Waals surface area contributed by atoms with E-state index in [1.54, 1.807) is 66.9 Å². The van der Waals surface area contributed by atoms with Crippen molar-refractivity contribution in [3.05, 3.63) is 95.3 Å². The van der Waals surface area contributed by atoms with E-state index >= 15 is 0 Å². The molecule has 2 heterocycles. The van der Waals surface area contributed by atoms with E-state index in [0.717, 1.165) is 5.56 Å². The highest BCUT2D eigenvalue weighted by Gasteiger charge is 2.47. The van der Waals surface area contributed by atoms with E-state index in [2.05, 4.69) is 4.98 Å². The van der Waals surface area contributed by atoms with Gasteiger partial charge in [-0.1, -0.05) is 24.3 Å². The predicted molar refractivity (Wildman–Crippen MR) is 122 cm³/mol. The molecule has 0 bridgehead atoms. The maximum atomic E-state index is 13.1. The molecule has 32 heavy (non-hydrogen) atoms. The van der Waals surface area contributed by atoms with Crippen molar-refractivity contribution in [3.8, 4) is 5.75 Å². The summed E-state index contributed by atoms with van der Waals surface area (Å²) < 4.78 is 5.77. The molecule has 1 N–H and O–H groups in total. The maximum Gasteiger partial charge on any atom is 0.300 e. The third-order valence-electron chi connectivity index (χ3n) is 5.26. The molecular weight excluding hydrogens is 404 g/mol. The number of para-hydroxylation sites is 1. The quantitative estimate of drug-likeness (QED) is 0.359. The van der Waals surface area contributed by atoms with Crippen LogP contribution in [0.1, 0.15) is 36.7 Å². The molecule has 1 unspecified atom stereocenters. The number of aryl methyl sites for hydroxylation is 1. The molecule has 0 saturated carbocycles. The Hall–Kier alpha value is -3.93. The lowest BCUT2D eigenvalue weighted by atomic mass is 9.97. The molecule has 162 valence electrons. The lowest BCUT2D eigenvalue weighted by Crippen LogP contribution is -2.29. The zero-order chi connectivity index (χ0) is 22.8. The van der Waals surface area contributed by atoms with Crippen molar-refractivity contribution in [1.29, 1.82) is 0 Å². The number of ketones is 1. The van der Waals surface area contributed by atoms with E-state index < -0.39 is 17.7 Å². The monoisotopic (exact) mass is 428 g/mol. The highest BCUT2D eigenvalue weighted by molar-refractivity contribution is 6.51. The van der Waals surface area contributed by atoms with Crippen LogP contribution in [0.25, 0.3) is 5.76 Å². The van der Waals surface area contributed by atoms with Crippen molar-refractivity contribution in [2.24, 2.45) is 0 Å². The Bertz CT molecular complexity index is 1190. The number of aliphatic hydroxyl groups excluding tert-OH is 1. The van der Waals surface area contributed by atoms with Gasteiger partial charge in [0.25, 0.3) is 11.7 Å². The number of anilines is 1. The highest BCUT2D eigenvalue weighted by atomic mass is 16.5. The molecule has 1 amide bonds. The molecule has 0 radical (unpaired) electrons. The number of ether oxygens (including phenoxy) is 1. The van der Waals surface area contributed by atoms with E-state index in [0.29, 0.717) is 22.7 Å². The van der Waals surface area contributed by atoms with Crippen molar-refractivity contribution in [1.82, 2.24) is 4.98 Å². The molecule has 0 spiro atoms. The fourth-order valence-electron chi connectivity index (χ4n) is 3.84. The van der Waals surface area contributed by atoms with Crippen LogP contribution in [0.15, 0.2) is 78.5 Å². The second-order valence-corrected chi connectivity index (χ2v) is 7.91. The minimum Gasteiger partial charge on any atom is -0.507 e. The molecule has 4 rings (SSSR count). The number of Topliss-reactive ketones (excluding diaryl/α,β-unsaturated/α-hetero) is 1. The number of rotatable bonds is 5. The van der Waals surface area contributed by atoms with Crippen LogP contribution in [0, 0.1) is 6.92 Å². The van der Waals surface area contributed by atoms with Crippen LogP contribution in [-0.2, 0) is 9.59 Å². The van der Waals surface area contributed by atoms with Gasteiger partial charge >= 0.3 is 0 Å². The summed E-state index contributed by atoms with van der Waals surface area (Å²) in [6.07, 6.45) is 1.61. The summed E-state index contributed by atoms with van der Waals surface area (Å²) in [5.41, 5.74) is 2.31. The fraction of sp³-hybridized carbons (Fsp3) is 0.192. The van der Waals surface area contributed by atoms with Crippen molar-refractivity contribution in [2.75, 3.05) is 4.90 Å². The van der Waals surface area contributed by atoms with Gasteiger partial charge in [0, 0.05) is 17.4 Å². The second-order valence-electron chi connectivity index (χ2n) is 7.91. The van der Waals surface area contributed by atoms with Crippen LogP contribution in [0.2, 0.25) is 0 Å². The van der Waals surface area contributed by atoms with Crippen molar-refractivity contribution < 1.29 is 19.4 Å². The molecule has 1 aromatic heterocycles. The van der Waals surface area contributed by atoms with Crippen LogP contribution in [0.4, 0.5) is 5.69 Å². The number of hydrogen-bond donors (Lipinski definition) is 1. The lowest BCUT2D eigenvalue weighted by Gasteiger charge is -2.24. The number of pyridine rings is 1. The van der Waals surface area contributed by atoms with Crippen LogP contribution in [-0.4, -0.2) is 27.9 Å². The van der Waals surface area contributed by atoms with Gasteiger partial charge in [-0.15, -0.1) is 0 Å². The number of aliphatic hydroxyl groups is 1. The number of benzene rings is 2. The summed E-state index contributed by atoms with van der Waals surface area (Å²) in [6, 6.07) is 18.6. The molecule has 1 saturated heterocycles. The molecular formula is C26H24N2O4. The SMILES string of the molecule is Cc1cc(/C(O)=C2/C(=O)C(=O)N(c3ccccc3)C2c2ccccn2)ccc1OC(C)C. The molecule has 0 aliphatic carbocycles. The summed E-state index contributed by atoms with van der Waals surface area (Å²) in [4.78, 5) is 32.0. The van der Waals surface area contributed by atoms with Gasteiger partial charge in [-0.3, -0.25) is 19.5 Å². The number of aromatic nitrogens is 1. The third kappa shape index (κ3) is 3.87. The first-order chi connectivity index (χ1) is 15.4. The molecule has 1 aliphatic rings. The number of hydrogen-bond acceptors (Lipinski definition) is 5. The van der Waals surface area contributed by atoms with Gasteiger partial charge in [0.1, 0.15) is 17.6 Å². The Balaban J connectivity index is 1.87. The van der Waals surface area contributed by atoms with Gasteiger partial charge in [-0.2, -0.15) is 0 Å². The zero-order valence-corrected chi connectivity index (χ0v) is 18.1. The molecule has 1 fully saturated rings. The predicted octanol–water partition coefficient (Wildman–Crippen LogP) is 4.80. The smallest absolute Gasteiger partial charge is 0.300 e. The number of amides is 1. The molecule has 6 heteroatoms. The van der Waals surface area contributed by atoms with E-state index in [1.165, 1.54) is 4.90 Å². The van der Waals surface area contributed by atoms with Gasteiger partial charge in [0.05, 0.1) is 17.4 Å². The summed E-state index contributed by atoms with van der Waals surface area (Å²) in [5, 5.41) is 11.2. The molecule has 1 aliphatic heterocycles. The van der Waals surface area contributed by atoms with Gasteiger partial charge in [0.2, 0.25) is 0 Å². The standard InChI is InChI=1S/C26H24N2O4/c1-16(2)32-21-13-12-18(15-17(21)3)24(29)22-23(20-11-7-8-14-27-20)28(26(31)25(22)30)19-9-5-4-6-10-19/h4-16,23,29H,1-3H3/b24-22-. The minimum atomic E-state index is -0.842. The van der Waals surface area contributed by atoms with Gasteiger partial charge in [-0.05, 0) is 68.8 Å². The number of carbonyl (C=O) groups excluding carboxylic acids is 2. The zero-order valence-electron chi connectivity index (χ0n) is 18.1. The maximum absolute atomic E-state index is 13.1. The van der Waals surface area contributed by atoms with Crippen LogP contribution < -0.4 is 9.64 Å². The van der Waals surface area contributed by atoms with Gasteiger partial charge in [0.15, 0.2) is 0 Å². The Morgan fingerprint density at radius 1 is 1.03 bits per heavy atom. The van der Waals surface area contributed by atoms with Crippen LogP contribution in [0.5, 0.6) is 5.75 Å². The van der Waals surface area contributed by atoms with E-state index in [-0.39, 0.29) is 17.4 Å². The topological polar surface area (TPSA) is 79.7 Å². The van der Waals surface area contributed by atoms with Crippen molar-refractivity contribution >= 4 is 23.1 Å². The molecule has 3 aromatic rings. The summed E-state index contributed by atoms with van der Waals surface area (Å²) in [5.74, 6) is -0.994. The normalized spacial score (nSPS) is 17.8. The summed E-state index contributed by atoms with van der Waals surface area (Å²) in [7, 11) is 0. The number of nitrogens with zero attached hydrogens (tertiary/aromatic N) is 2. The van der Waals surface area contributed by atoms with E-state index in [4.69, 9.17) is 4.74 Å². The fourth-order valence-corrected chi connectivity index (χ4v) is 3.84. The average Bonchev–Trinajstić information content (AvgIpc) is 3.06. The Morgan fingerprint density at radius 3 is 2.38 bits per heavy atom. The van der Waals surface area contributed by atoms with Crippen molar-refractivity contribution in [3.63, 3.8) is 0 Å². The Morgan fingerprint density at radius 2 is 1.75 bits per heavy atom. The lowest BCUT2D eigenvalue weighted by molar-refractivity contribution is -0.132. The first kappa shape index (κ1) is 21.3. The summed E-state index contributed by atoms with van der Waals surface area (Å²) in [6.45, 7) is 5.74. The third-order valence-corrected chi connectivity index (χ3v) is 5.26. The van der Waals surface area contributed by atoms with Gasteiger partial charge in [-0.25, -0.2) is 0 Å². The second kappa shape index (κ2) is 8.67. The Kier molecular flexibility index (Phi) is 5.77. The number of carbonyl (C=O) groups is 2. The molecule has 1 atom stereocenters. The first-order valence-electron chi connectivity index (χ1n) is 10.4. The molecule has 2 aromatic carbocycles. The highest BCUT2D eigenvalue weighted by Crippen LogP contribution is 2.41. The van der Waals surface area contributed by atoms with E-state index in [1.807, 2.05) is 26.8 Å². The van der Waals surface area contributed by atoms with E-state index in [9.17, 15) is 14.7 Å². The molecule has 6 nitrogen and oxygen atoms in total. The first-order valence-corrected chi connectivity index (χ1v) is 10.4. The van der Waals surface area contributed by atoms with Crippen LogP contribution in [0.3, 0.4) is 0 Å².